The number of aromatic nitrogens is 2. The Morgan fingerprint density at radius 1 is 1.41 bits per heavy atom. The van der Waals surface area contributed by atoms with E-state index in [1.165, 1.54) is 6.33 Å². The zero-order valence-electron chi connectivity index (χ0n) is 10.7. The molecule has 1 heterocycles. The molecular weight excluding hydrogens is 221 g/mol. The number of halogens is 1. The maximum absolute atomic E-state index is 13.7. The second-order valence-electron chi connectivity index (χ2n) is 4.23. The van der Waals surface area contributed by atoms with Crippen molar-refractivity contribution >= 4 is 5.82 Å². The predicted octanol–water partition coefficient (Wildman–Crippen LogP) is 2.26. The van der Waals surface area contributed by atoms with E-state index < -0.39 is 0 Å². The van der Waals surface area contributed by atoms with Gasteiger partial charge in [0.1, 0.15) is 6.33 Å². The fourth-order valence-corrected chi connectivity index (χ4v) is 1.34. The van der Waals surface area contributed by atoms with Crippen LogP contribution in [0.25, 0.3) is 0 Å². The molecule has 0 aliphatic rings. The smallest absolute Gasteiger partial charge is 0.186 e. The molecule has 0 atom stereocenters. The molecule has 5 heteroatoms. The van der Waals surface area contributed by atoms with E-state index in [1.54, 1.807) is 0 Å². The summed E-state index contributed by atoms with van der Waals surface area (Å²) < 4.78 is 19.1. The maximum Gasteiger partial charge on any atom is 0.186 e. The summed E-state index contributed by atoms with van der Waals surface area (Å²) in [5.74, 6) is 0.404. The summed E-state index contributed by atoms with van der Waals surface area (Å²) in [7, 11) is 0. The number of nitrogens with zero attached hydrogens (tertiary/aromatic N) is 2. The molecule has 17 heavy (non-hydrogen) atoms. The number of ether oxygens (including phenoxy) is 1. The molecule has 0 fully saturated rings. The summed E-state index contributed by atoms with van der Waals surface area (Å²) in [5.41, 5.74) is 0.436. The van der Waals surface area contributed by atoms with E-state index in [0.717, 1.165) is 0 Å². The van der Waals surface area contributed by atoms with Gasteiger partial charge in [-0.25, -0.2) is 14.4 Å². The molecule has 0 amide bonds. The minimum absolute atomic E-state index is 0.255. The zero-order chi connectivity index (χ0) is 12.7. The number of rotatable bonds is 7. The molecule has 0 saturated heterocycles. The number of hydrogen-bond acceptors (Lipinski definition) is 4. The summed E-state index contributed by atoms with van der Waals surface area (Å²) in [6.45, 7) is 7.85. The standard InChI is InChI=1S/C12H20FN3O/c1-4-10-11(13)12(16-8-15-10)14-5-6-17-7-9(2)3/h8-9H,4-7H2,1-3H3,(H,14,15,16). The van der Waals surface area contributed by atoms with Crippen molar-refractivity contribution in [2.45, 2.75) is 27.2 Å². The fraction of sp³-hybridized carbons (Fsp3) is 0.667. The molecule has 0 bridgehead atoms. The summed E-state index contributed by atoms with van der Waals surface area (Å²) in [4.78, 5) is 7.73. The number of anilines is 1. The molecule has 1 aromatic rings. The van der Waals surface area contributed by atoms with E-state index in [1.807, 2.05) is 6.92 Å². The van der Waals surface area contributed by atoms with Gasteiger partial charge in [-0.2, -0.15) is 0 Å². The van der Waals surface area contributed by atoms with Gasteiger partial charge in [-0.15, -0.1) is 0 Å². The second kappa shape index (κ2) is 7.17. The van der Waals surface area contributed by atoms with Crippen LogP contribution in [0.15, 0.2) is 6.33 Å². The van der Waals surface area contributed by atoms with Crippen molar-refractivity contribution in [1.29, 1.82) is 0 Å². The Kier molecular flexibility index (Phi) is 5.83. The highest BCUT2D eigenvalue weighted by molar-refractivity contribution is 5.37. The Bertz CT molecular complexity index is 345. The maximum atomic E-state index is 13.7. The molecule has 4 nitrogen and oxygen atoms in total. The van der Waals surface area contributed by atoms with Gasteiger partial charge in [0.05, 0.1) is 12.3 Å². The molecule has 0 radical (unpaired) electrons. The highest BCUT2D eigenvalue weighted by atomic mass is 19.1. The normalized spacial score (nSPS) is 10.9. The van der Waals surface area contributed by atoms with Crippen LogP contribution in [0.3, 0.4) is 0 Å². The molecule has 0 spiro atoms. The molecule has 96 valence electrons. The van der Waals surface area contributed by atoms with Gasteiger partial charge in [0, 0.05) is 13.2 Å². The minimum atomic E-state index is -0.362. The quantitative estimate of drug-likeness (QED) is 0.744. The van der Waals surface area contributed by atoms with Gasteiger partial charge in [-0.3, -0.25) is 0 Å². The lowest BCUT2D eigenvalue weighted by atomic mass is 10.2. The van der Waals surface area contributed by atoms with Crippen LogP contribution >= 0.6 is 0 Å². The van der Waals surface area contributed by atoms with Crippen molar-refractivity contribution in [2.24, 2.45) is 5.92 Å². The predicted molar refractivity (Wildman–Crippen MR) is 65.5 cm³/mol. The first-order valence-electron chi connectivity index (χ1n) is 5.96. The Morgan fingerprint density at radius 3 is 2.82 bits per heavy atom. The Balaban J connectivity index is 2.36. The van der Waals surface area contributed by atoms with Gasteiger partial charge in [0.15, 0.2) is 11.6 Å². The summed E-state index contributed by atoms with van der Waals surface area (Å²) in [5, 5.41) is 2.91. The molecule has 0 saturated carbocycles. The minimum Gasteiger partial charge on any atom is -0.379 e. The first-order chi connectivity index (χ1) is 8.15. The summed E-state index contributed by atoms with van der Waals surface area (Å²) in [6.07, 6.45) is 1.94. The monoisotopic (exact) mass is 241 g/mol. The van der Waals surface area contributed by atoms with E-state index in [4.69, 9.17) is 4.74 Å². The Labute approximate surface area is 102 Å². The van der Waals surface area contributed by atoms with Crippen LogP contribution in [0.4, 0.5) is 10.2 Å². The highest BCUT2D eigenvalue weighted by Crippen LogP contribution is 2.12. The molecule has 0 aliphatic carbocycles. The molecule has 1 N–H and O–H groups in total. The van der Waals surface area contributed by atoms with Gasteiger partial charge in [0.2, 0.25) is 0 Å². The number of hydrogen-bond donors (Lipinski definition) is 1. The molecular formula is C12H20FN3O. The van der Waals surface area contributed by atoms with Crippen LogP contribution in [-0.4, -0.2) is 29.7 Å². The average Bonchev–Trinajstić information content (AvgIpc) is 2.30. The first kappa shape index (κ1) is 13.8. The van der Waals surface area contributed by atoms with Crippen LogP contribution in [0.5, 0.6) is 0 Å². The lowest BCUT2D eigenvalue weighted by Crippen LogP contribution is -2.14. The van der Waals surface area contributed by atoms with Crippen LogP contribution in [0.1, 0.15) is 26.5 Å². The third kappa shape index (κ3) is 4.65. The van der Waals surface area contributed by atoms with Gasteiger partial charge >= 0.3 is 0 Å². The summed E-state index contributed by atoms with van der Waals surface area (Å²) >= 11 is 0. The molecule has 1 aromatic heterocycles. The largest absolute Gasteiger partial charge is 0.379 e. The van der Waals surface area contributed by atoms with E-state index in [2.05, 4.69) is 29.1 Å². The SMILES string of the molecule is CCc1ncnc(NCCOCC(C)C)c1F. The molecule has 0 unspecified atom stereocenters. The van der Waals surface area contributed by atoms with Crippen molar-refractivity contribution in [3.63, 3.8) is 0 Å². The topological polar surface area (TPSA) is 47.0 Å². The van der Waals surface area contributed by atoms with Gasteiger partial charge < -0.3 is 10.1 Å². The Hall–Kier alpha value is -1.23. The van der Waals surface area contributed by atoms with E-state index in [0.29, 0.717) is 37.8 Å². The van der Waals surface area contributed by atoms with Crippen molar-refractivity contribution < 1.29 is 9.13 Å². The highest BCUT2D eigenvalue weighted by Gasteiger charge is 2.08. The van der Waals surface area contributed by atoms with Crippen LogP contribution in [-0.2, 0) is 11.2 Å². The van der Waals surface area contributed by atoms with Gasteiger partial charge in [-0.1, -0.05) is 20.8 Å². The van der Waals surface area contributed by atoms with E-state index in [9.17, 15) is 4.39 Å². The van der Waals surface area contributed by atoms with Gasteiger partial charge in [0.25, 0.3) is 0 Å². The van der Waals surface area contributed by atoms with Crippen molar-refractivity contribution in [3.8, 4) is 0 Å². The van der Waals surface area contributed by atoms with Crippen LogP contribution in [0, 0.1) is 11.7 Å². The van der Waals surface area contributed by atoms with Gasteiger partial charge in [-0.05, 0) is 12.3 Å². The van der Waals surface area contributed by atoms with E-state index in [-0.39, 0.29) is 11.6 Å². The molecule has 1 rings (SSSR count). The average molecular weight is 241 g/mol. The van der Waals surface area contributed by atoms with Crippen LogP contribution < -0.4 is 5.32 Å². The lowest BCUT2D eigenvalue weighted by molar-refractivity contribution is 0.118. The molecule has 0 aromatic carbocycles. The lowest BCUT2D eigenvalue weighted by Gasteiger charge is -2.09. The third-order valence-electron chi connectivity index (χ3n) is 2.19. The van der Waals surface area contributed by atoms with Crippen molar-refractivity contribution in [2.75, 3.05) is 25.1 Å². The molecule has 0 aliphatic heterocycles. The Morgan fingerprint density at radius 2 is 2.18 bits per heavy atom. The number of aryl methyl sites for hydroxylation is 1. The number of nitrogens with one attached hydrogen (secondary N) is 1. The van der Waals surface area contributed by atoms with Crippen molar-refractivity contribution in [1.82, 2.24) is 9.97 Å². The fourth-order valence-electron chi connectivity index (χ4n) is 1.34. The third-order valence-corrected chi connectivity index (χ3v) is 2.19. The first-order valence-corrected chi connectivity index (χ1v) is 5.96. The zero-order valence-corrected chi connectivity index (χ0v) is 10.7. The van der Waals surface area contributed by atoms with Crippen LogP contribution in [0.2, 0.25) is 0 Å². The summed E-state index contributed by atoms with van der Waals surface area (Å²) in [6, 6.07) is 0. The second-order valence-corrected chi connectivity index (χ2v) is 4.23. The van der Waals surface area contributed by atoms with Crippen molar-refractivity contribution in [3.05, 3.63) is 17.8 Å². The van der Waals surface area contributed by atoms with E-state index >= 15 is 0 Å².